The normalized spacial score (nSPS) is 13.4. The summed E-state index contributed by atoms with van der Waals surface area (Å²) in [5, 5.41) is 4.16. The van der Waals surface area contributed by atoms with E-state index in [4.69, 9.17) is 0 Å². The molecule has 1 aromatic heterocycles. The van der Waals surface area contributed by atoms with Gasteiger partial charge in [-0.3, -0.25) is 0 Å². The highest BCUT2D eigenvalue weighted by atomic mass is 19.1. The molecular formula is C38H43FN6. The lowest BCUT2D eigenvalue weighted by atomic mass is 9.87. The van der Waals surface area contributed by atoms with Gasteiger partial charge in [0.25, 0.3) is 0 Å². The third-order valence-electron chi connectivity index (χ3n) is 8.50. The fourth-order valence-electron chi connectivity index (χ4n) is 5.93. The Hall–Kier alpha value is -4.91. The molecule has 0 unspecified atom stereocenters. The molecule has 0 aliphatic carbocycles. The van der Waals surface area contributed by atoms with Gasteiger partial charge in [-0.15, -0.1) is 0 Å². The molecule has 1 fully saturated rings. The molecule has 1 aliphatic rings. The summed E-state index contributed by atoms with van der Waals surface area (Å²) < 4.78 is 15.5. The zero-order chi connectivity index (χ0) is 31.9. The van der Waals surface area contributed by atoms with Crippen LogP contribution >= 0.6 is 0 Å². The number of fused-ring (bicyclic) bond motifs is 1. The average molecular weight is 603 g/mol. The molecule has 1 saturated heterocycles. The van der Waals surface area contributed by atoms with Crippen molar-refractivity contribution in [3.8, 4) is 0 Å². The minimum atomic E-state index is -0.328. The van der Waals surface area contributed by atoms with Gasteiger partial charge in [-0.2, -0.15) is 0 Å². The number of hydrogen-bond donors (Lipinski definition) is 3. The van der Waals surface area contributed by atoms with Gasteiger partial charge in [-0.05, 0) is 109 Å². The molecule has 5 rings (SSSR count). The van der Waals surface area contributed by atoms with Gasteiger partial charge in [0.05, 0.1) is 16.9 Å². The number of aryl methyl sites for hydroxylation is 1. The van der Waals surface area contributed by atoms with E-state index in [1.54, 1.807) is 18.5 Å². The van der Waals surface area contributed by atoms with Crippen molar-refractivity contribution >= 4 is 28.1 Å². The maximum Gasteiger partial charge on any atom is 0.146 e. The van der Waals surface area contributed by atoms with Gasteiger partial charge in [0.2, 0.25) is 0 Å². The van der Waals surface area contributed by atoms with E-state index in [1.165, 1.54) is 11.1 Å². The summed E-state index contributed by atoms with van der Waals surface area (Å²) in [6.07, 6.45) is 8.13. The number of piperidine rings is 1. The molecule has 0 amide bonds. The second kappa shape index (κ2) is 14.2. The fraction of sp³-hybridized carbons (Fsp3) is 0.263. The van der Waals surface area contributed by atoms with Gasteiger partial charge >= 0.3 is 0 Å². The van der Waals surface area contributed by atoms with Gasteiger partial charge in [0.1, 0.15) is 18.0 Å². The number of hydrogen-bond acceptors (Lipinski definition) is 6. The highest BCUT2D eigenvalue weighted by Crippen LogP contribution is 2.31. The van der Waals surface area contributed by atoms with Crippen molar-refractivity contribution in [3.05, 3.63) is 138 Å². The van der Waals surface area contributed by atoms with Gasteiger partial charge in [-0.1, -0.05) is 57.5 Å². The summed E-state index contributed by atoms with van der Waals surface area (Å²) in [5.74, 6) is 0.871. The van der Waals surface area contributed by atoms with Gasteiger partial charge < -0.3 is 21.1 Å². The summed E-state index contributed by atoms with van der Waals surface area (Å²) in [7, 11) is 0. The Kier molecular flexibility index (Phi) is 9.98. The third kappa shape index (κ3) is 7.79. The second-order valence-corrected chi connectivity index (χ2v) is 11.9. The SMILES string of the molecule is C=CC(=C)N1CCC(Cc2cc3c(Nc4ccc(Cc5cccc(C(=C)NNC(=C)C)c5)cc4F)ncnc3cc2CC)CC1. The Morgan fingerprint density at radius 1 is 0.978 bits per heavy atom. The molecule has 6 nitrogen and oxygen atoms in total. The van der Waals surface area contributed by atoms with Crippen LogP contribution in [0.15, 0.2) is 105 Å². The number of aromatic nitrogens is 2. The number of anilines is 2. The monoisotopic (exact) mass is 602 g/mol. The van der Waals surface area contributed by atoms with E-state index in [1.807, 2.05) is 37.3 Å². The standard InChI is InChI=1S/C38H43FN6/c1-7-26(5)45-16-14-28(15-17-45)19-33-22-34-37(23-31(33)8-2)40-24-41-38(34)42-36-13-12-30(21-35(36)39)18-29-10-9-11-32(20-29)27(6)44-43-25(3)4/h7,9-13,20-24,28,43-44H,1,3,5-6,8,14-19H2,2,4H3,(H,40,41,42). The van der Waals surface area contributed by atoms with Gasteiger partial charge in [-0.25, -0.2) is 14.4 Å². The number of nitrogens with one attached hydrogen (secondary N) is 3. The fourth-order valence-corrected chi connectivity index (χ4v) is 5.93. The molecule has 0 saturated carbocycles. The van der Waals surface area contributed by atoms with Crippen LogP contribution in [0, 0.1) is 11.7 Å². The minimum absolute atomic E-state index is 0.328. The molecule has 232 valence electrons. The number of rotatable bonds is 13. The molecular weight excluding hydrogens is 559 g/mol. The molecule has 4 aromatic rings. The predicted molar refractivity (Wildman–Crippen MR) is 185 cm³/mol. The van der Waals surface area contributed by atoms with Crippen molar-refractivity contribution in [2.75, 3.05) is 18.4 Å². The highest BCUT2D eigenvalue weighted by Gasteiger charge is 2.21. The van der Waals surface area contributed by atoms with E-state index in [-0.39, 0.29) is 5.82 Å². The molecule has 0 atom stereocenters. The molecule has 0 spiro atoms. The Balaban J connectivity index is 1.32. The van der Waals surface area contributed by atoms with Gasteiger partial charge in [0.15, 0.2) is 0 Å². The predicted octanol–water partition coefficient (Wildman–Crippen LogP) is 8.22. The largest absolute Gasteiger partial charge is 0.372 e. The number of halogens is 1. The summed E-state index contributed by atoms with van der Waals surface area (Å²) in [5.41, 5.74) is 15.3. The third-order valence-corrected chi connectivity index (χ3v) is 8.50. The van der Waals surface area contributed by atoms with E-state index in [9.17, 15) is 0 Å². The zero-order valence-corrected chi connectivity index (χ0v) is 26.4. The average Bonchev–Trinajstić information content (AvgIpc) is 3.04. The Morgan fingerprint density at radius 3 is 2.47 bits per heavy atom. The number of nitrogens with zero attached hydrogens (tertiary/aromatic N) is 3. The maximum absolute atomic E-state index is 15.5. The van der Waals surface area contributed by atoms with Crippen molar-refractivity contribution in [1.82, 2.24) is 25.7 Å². The molecule has 0 bridgehead atoms. The summed E-state index contributed by atoms with van der Waals surface area (Å²) in [6.45, 7) is 21.9. The van der Waals surface area contributed by atoms with E-state index in [2.05, 4.69) is 82.5 Å². The maximum atomic E-state index is 15.5. The number of likely N-dealkylation sites (tertiary alicyclic amines) is 1. The molecule has 3 aromatic carbocycles. The lowest BCUT2D eigenvalue weighted by Crippen LogP contribution is -2.33. The van der Waals surface area contributed by atoms with Crippen molar-refractivity contribution in [2.45, 2.75) is 46.0 Å². The molecule has 45 heavy (non-hydrogen) atoms. The molecule has 3 N–H and O–H groups in total. The summed E-state index contributed by atoms with van der Waals surface area (Å²) in [4.78, 5) is 11.4. The second-order valence-electron chi connectivity index (χ2n) is 11.9. The Bertz CT molecular complexity index is 1730. The first-order valence-electron chi connectivity index (χ1n) is 15.6. The van der Waals surface area contributed by atoms with E-state index < -0.39 is 0 Å². The van der Waals surface area contributed by atoms with Gasteiger partial charge in [0, 0.05) is 29.9 Å². The number of allylic oxidation sites excluding steroid dienone is 2. The lowest BCUT2D eigenvalue weighted by molar-refractivity contribution is 0.231. The Morgan fingerprint density at radius 2 is 1.76 bits per heavy atom. The van der Waals surface area contributed by atoms with Crippen LogP contribution in [0.1, 0.15) is 54.5 Å². The van der Waals surface area contributed by atoms with Crippen molar-refractivity contribution in [2.24, 2.45) is 5.92 Å². The molecule has 7 heteroatoms. The van der Waals surface area contributed by atoms with Crippen molar-refractivity contribution in [1.29, 1.82) is 0 Å². The quantitative estimate of drug-likeness (QED) is 0.106. The molecule has 0 radical (unpaired) electrons. The highest BCUT2D eigenvalue weighted by molar-refractivity contribution is 5.91. The van der Waals surface area contributed by atoms with Crippen LogP contribution in [-0.2, 0) is 19.3 Å². The van der Waals surface area contributed by atoms with Crippen LogP contribution < -0.4 is 16.2 Å². The first-order valence-corrected chi connectivity index (χ1v) is 15.6. The van der Waals surface area contributed by atoms with Crippen LogP contribution in [-0.4, -0.2) is 28.0 Å². The minimum Gasteiger partial charge on any atom is -0.372 e. The van der Waals surface area contributed by atoms with Crippen LogP contribution in [0.2, 0.25) is 0 Å². The number of benzene rings is 3. The Labute approximate surface area is 266 Å². The first kappa shape index (κ1) is 31.5. The smallest absolute Gasteiger partial charge is 0.146 e. The van der Waals surface area contributed by atoms with Crippen LogP contribution in [0.25, 0.3) is 16.6 Å². The van der Waals surface area contributed by atoms with Crippen LogP contribution in [0.4, 0.5) is 15.9 Å². The summed E-state index contributed by atoms with van der Waals surface area (Å²) >= 11 is 0. The van der Waals surface area contributed by atoms with E-state index >= 15 is 4.39 Å². The first-order chi connectivity index (χ1) is 21.7. The van der Waals surface area contributed by atoms with Crippen molar-refractivity contribution < 1.29 is 4.39 Å². The molecule has 1 aliphatic heterocycles. The lowest BCUT2D eigenvalue weighted by Gasteiger charge is -2.34. The van der Waals surface area contributed by atoms with E-state index in [0.29, 0.717) is 23.8 Å². The topological polar surface area (TPSA) is 65.1 Å². The number of hydrazine groups is 1. The zero-order valence-electron chi connectivity index (χ0n) is 26.4. The van der Waals surface area contributed by atoms with Crippen LogP contribution in [0.5, 0.6) is 0 Å². The van der Waals surface area contributed by atoms with E-state index in [0.717, 1.165) is 83.5 Å². The molecule has 2 heterocycles. The van der Waals surface area contributed by atoms with Crippen molar-refractivity contribution in [3.63, 3.8) is 0 Å². The summed E-state index contributed by atoms with van der Waals surface area (Å²) in [6, 6.07) is 17.7. The van der Waals surface area contributed by atoms with Crippen LogP contribution in [0.3, 0.4) is 0 Å².